The maximum atomic E-state index is 13.3. The first-order valence-corrected chi connectivity index (χ1v) is 19.5. The van der Waals surface area contributed by atoms with Crippen molar-refractivity contribution in [3.63, 3.8) is 0 Å². The minimum Gasteiger partial charge on any atom is -0.484 e. The molecule has 0 radical (unpaired) electrons. The number of aliphatic hydroxyl groups excluding tert-OH is 2. The molecule has 0 spiro atoms. The summed E-state index contributed by atoms with van der Waals surface area (Å²) in [5.41, 5.74) is 14.0. The number of rotatable bonds is 20. The zero-order valence-corrected chi connectivity index (χ0v) is 33.7. The van der Waals surface area contributed by atoms with E-state index in [1.165, 1.54) is 9.80 Å². The largest absolute Gasteiger partial charge is 0.484 e. The molecule has 306 valence electrons. The maximum absolute atomic E-state index is 13.3. The number of likely N-dealkylation sites (tertiary alicyclic amines) is 1. The molecule has 56 heavy (non-hydrogen) atoms. The molecule has 1 saturated heterocycles. The molecule has 1 aliphatic heterocycles. The van der Waals surface area contributed by atoms with E-state index in [0.29, 0.717) is 11.5 Å². The van der Waals surface area contributed by atoms with Gasteiger partial charge in [0.1, 0.15) is 11.5 Å². The average Bonchev–Trinajstić information content (AvgIpc) is 3.15. The summed E-state index contributed by atoms with van der Waals surface area (Å²) in [7, 11) is 3.27. The fourth-order valence-corrected chi connectivity index (χ4v) is 7.20. The Balaban J connectivity index is 1.36. The number of aromatic nitrogens is 2. The van der Waals surface area contributed by atoms with Gasteiger partial charge in [0.05, 0.1) is 44.4 Å². The van der Waals surface area contributed by atoms with Gasteiger partial charge < -0.3 is 50.8 Å². The number of nitrogens with two attached hydrogens (primary N) is 2. The van der Waals surface area contributed by atoms with Crippen LogP contribution in [-0.4, -0.2) is 137 Å². The third-order valence-electron chi connectivity index (χ3n) is 9.94. The van der Waals surface area contributed by atoms with Crippen LogP contribution in [-0.2, 0) is 22.4 Å². The quantitative estimate of drug-likeness (QED) is 0.105. The number of nitrogens with one attached hydrogen (secondary N) is 1. The molecule has 2 unspecified atom stereocenters. The number of halogens is 1. The van der Waals surface area contributed by atoms with Gasteiger partial charge in [0.25, 0.3) is 17.7 Å². The van der Waals surface area contributed by atoms with Crippen LogP contribution in [0.15, 0.2) is 48.5 Å². The zero-order chi connectivity index (χ0) is 40.8. The molecule has 7 N–H and O–H groups in total. The van der Waals surface area contributed by atoms with E-state index >= 15 is 0 Å². The third-order valence-corrected chi connectivity index (χ3v) is 10.2. The van der Waals surface area contributed by atoms with E-state index in [2.05, 4.69) is 15.3 Å². The van der Waals surface area contributed by atoms with Gasteiger partial charge in [-0.15, -0.1) is 0 Å². The van der Waals surface area contributed by atoms with Crippen LogP contribution in [0.2, 0.25) is 5.15 Å². The van der Waals surface area contributed by atoms with Crippen LogP contribution in [0, 0.1) is 0 Å². The van der Waals surface area contributed by atoms with Gasteiger partial charge in [-0.25, -0.2) is 9.97 Å². The summed E-state index contributed by atoms with van der Waals surface area (Å²) in [4.78, 5) is 48.9. The highest BCUT2D eigenvalue weighted by molar-refractivity contribution is 6.31. The Bertz CT molecular complexity index is 1660. The summed E-state index contributed by atoms with van der Waals surface area (Å²) in [5.74, 6) is 0.261. The third kappa shape index (κ3) is 13.8. The molecule has 3 amide bonds. The fourth-order valence-electron chi connectivity index (χ4n) is 7.07. The summed E-state index contributed by atoms with van der Waals surface area (Å²) < 4.78 is 12.2. The monoisotopic (exact) mass is 797 g/mol. The number of nitrogens with zero attached hydrogens (tertiary/aromatic N) is 5. The molecule has 2 aromatic carbocycles. The average molecular weight is 798 g/mol. The van der Waals surface area contributed by atoms with Crippen molar-refractivity contribution in [2.75, 3.05) is 78.0 Å². The Kier molecular flexibility index (Phi) is 16.5. The fraction of sp³-hybridized carbons (Fsp3) is 0.525. The van der Waals surface area contributed by atoms with E-state index in [-0.39, 0.29) is 66.6 Å². The van der Waals surface area contributed by atoms with Gasteiger partial charge in [0, 0.05) is 40.0 Å². The van der Waals surface area contributed by atoms with Gasteiger partial charge >= 0.3 is 0 Å². The van der Waals surface area contributed by atoms with Gasteiger partial charge in [0.2, 0.25) is 0 Å². The van der Waals surface area contributed by atoms with E-state index in [1.54, 1.807) is 27.9 Å². The lowest BCUT2D eigenvalue weighted by Crippen LogP contribution is -2.60. The smallest absolute Gasteiger partial charge is 0.274 e. The molecule has 4 rings (SSSR count). The number of ether oxygens (including phenoxy) is 2. The second-order valence-electron chi connectivity index (χ2n) is 15.0. The minimum absolute atomic E-state index is 0.0304. The summed E-state index contributed by atoms with van der Waals surface area (Å²) in [6.45, 7) is 7.10. The molecule has 2 heterocycles. The Morgan fingerprint density at radius 1 is 0.839 bits per heavy atom. The lowest BCUT2D eigenvalue weighted by Gasteiger charge is -2.45. The van der Waals surface area contributed by atoms with Gasteiger partial charge in [0.15, 0.2) is 35.7 Å². The van der Waals surface area contributed by atoms with Crippen LogP contribution in [0.1, 0.15) is 61.1 Å². The van der Waals surface area contributed by atoms with Crippen molar-refractivity contribution in [1.82, 2.24) is 25.1 Å². The molecule has 1 fully saturated rings. The molecule has 0 aliphatic carbocycles. The highest BCUT2D eigenvalue weighted by atomic mass is 35.5. The number of carbonyl (C=O) groups excluding carboxylic acids is 3. The number of aliphatic hydroxyl groups is 2. The van der Waals surface area contributed by atoms with Crippen molar-refractivity contribution in [3.05, 3.63) is 70.5 Å². The van der Waals surface area contributed by atoms with Crippen LogP contribution >= 0.6 is 11.6 Å². The van der Waals surface area contributed by atoms with Crippen molar-refractivity contribution < 1.29 is 38.6 Å². The molecule has 1 aliphatic rings. The summed E-state index contributed by atoms with van der Waals surface area (Å²) in [5, 5.41) is 22.1. The lowest BCUT2D eigenvalue weighted by atomic mass is 9.99. The van der Waals surface area contributed by atoms with E-state index in [1.807, 2.05) is 48.5 Å². The number of benzene rings is 2. The number of carbonyl (C=O) groups is 3. The summed E-state index contributed by atoms with van der Waals surface area (Å²) in [6.07, 6.45) is 4.08. The van der Waals surface area contributed by atoms with Crippen molar-refractivity contribution in [2.45, 2.75) is 70.6 Å². The Labute approximate surface area is 334 Å². The number of quaternary nitrogens is 1. The first-order valence-electron chi connectivity index (χ1n) is 19.1. The Morgan fingerprint density at radius 2 is 1.32 bits per heavy atom. The van der Waals surface area contributed by atoms with Crippen molar-refractivity contribution in [3.8, 4) is 11.5 Å². The topological polar surface area (TPSA) is 206 Å². The molecule has 15 nitrogen and oxygen atoms in total. The second kappa shape index (κ2) is 21.0. The van der Waals surface area contributed by atoms with Gasteiger partial charge in [-0.1, -0.05) is 35.9 Å². The number of nitrogen functional groups attached to an aromatic ring is 2. The SMILES string of the molecule is CC(O)CN(C)C(=O)COc1ccc(CCC[N+]2(CCCc3ccc(OCC(=O)N(C)CC(C)O)cc3)CCC[C@H](NC(=O)c3nc(Cl)c(N)nc3N)C2)cc1. The Hall–Kier alpha value is -4.70. The molecule has 3 atom stereocenters. The number of piperidine rings is 1. The highest BCUT2D eigenvalue weighted by Gasteiger charge is 2.35. The van der Waals surface area contributed by atoms with Crippen molar-refractivity contribution >= 4 is 41.0 Å². The first-order chi connectivity index (χ1) is 26.6. The van der Waals surface area contributed by atoms with Crippen LogP contribution in [0.3, 0.4) is 0 Å². The maximum Gasteiger partial charge on any atom is 0.274 e. The highest BCUT2D eigenvalue weighted by Crippen LogP contribution is 2.25. The molecule has 1 aromatic heterocycles. The van der Waals surface area contributed by atoms with E-state index < -0.39 is 18.1 Å². The van der Waals surface area contributed by atoms with Crippen molar-refractivity contribution in [1.29, 1.82) is 0 Å². The van der Waals surface area contributed by atoms with E-state index in [4.69, 9.17) is 32.5 Å². The summed E-state index contributed by atoms with van der Waals surface area (Å²) >= 11 is 6.06. The van der Waals surface area contributed by atoms with Gasteiger partial charge in [-0.3, -0.25) is 14.4 Å². The van der Waals surface area contributed by atoms with Crippen LogP contribution in [0.25, 0.3) is 0 Å². The Morgan fingerprint density at radius 3 is 1.79 bits per heavy atom. The number of likely N-dealkylation sites (N-methyl/N-ethyl adjacent to an activating group) is 2. The molecule has 3 aromatic rings. The van der Waals surface area contributed by atoms with Crippen LogP contribution in [0.5, 0.6) is 11.5 Å². The second-order valence-corrected chi connectivity index (χ2v) is 15.3. The molecule has 0 saturated carbocycles. The normalized spacial score (nSPS) is 17.7. The standard InChI is InChI=1S/C40H57ClN8O7/c1-27(50)22-47(3)34(52)25-55-32-15-11-29(12-16-32)8-5-19-49(21-7-10-31(24-49)44-40(54)36-38(42)46-39(43)37(41)45-36)20-6-9-30-13-17-33(18-14-30)56-26-35(53)48(4)23-28(2)51/h11-18,27-28,31,50-51H,5-10,19-26H2,1-4H3,(H4-,42,43,44,46,54)/p+1/t27?,28?,31-,49?/m0/s1. The first kappa shape index (κ1) is 44.0. The minimum atomic E-state index is -0.609. The summed E-state index contributed by atoms with van der Waals surface area (Å²) in [6, 6.07) is 15.4. The number of hydrogen-bond acceptors (Lipinski definition) is 11. The molecule has 16 heteroatoms. The number of hydrogen-bond donors (Lipinski definition) is 5. The number of amides is 3. The van der Waals surface area contributed by atoms with E-state index in [9.17, 15) is 24.6 Å². The molecular weight excluding hydrogens is 740 g/mol. The van der Waals surface area contributed by atoms with Crippen LogP contribution in [0.4, 0.5) is 11.6 Å². The van der Waals surface area contributed by atoms with Gasteiger partial charge in [-0.2, -0.15) is 0 Å². The zero-order valence-electron chi connectivity index (χ0n) is 33.0. The number of aryl methyl sites for hydroxylation is 2. The predicted octanol–water partition coefficient (Wildman–Crippen LogP) is 2.71. The van der Waals surface area contributed by atoms with Gasteiger partial charge in [-0.05, 0) is 74.9 Å². The van der Waals surface area contributed by atoms with Crippen molar-refractivity contribution in [2.24, 2.45) is 0 Å². The predicted molar refractivity (Wildman–Crippen MR) is 215 cm³/mol. The lowest BCUT2D eigenvalue weighted by molar-refractivity contribution is -0.933. The number of anilines is 2. The molecule has 0 bridgehead atoms. The van der Waals surface area contributed by atoms with E-state index in [0.717, 1.165) is 80.3 Å². The van der Waals surface area contributed by atoms with Crippen LogP contribution < -0.4 is 26.3 Å². The molecular formula is C40H58ClN8O7+.